The van der Waals surface area contributed by atoms with Gasteiger partial charge in [0, 0.05) is 37.6 Å². The Morgan fingerprint density at radius 2 is 1.82 bits per heavy atom. The van der Waals surface area contributed by atoms with Crippen molar-refractivity contribution < 1.29 is 33.8 Å². The van der Waals surface area contributed by atoms with Gasteiger partial charge in [-0.1, -0.05) is 84.5 Å². The van der Waals surface area contributed by atoms with E-state index in [-0.39, 0.29) is 12.8 Å². The minimum absolute atomic E-state index is 0.0186. The number of halogens is 1. The molecule has 264 valence electrons. The number of benzene rings is 3. The lowest BCUT2D eigenvalue weighted by Crippen LogP contribution is -2.35. The Morgan fingerprint density at radius 1 is 1.02 bits per heavy atom. The first-order valence-electron chi connectivity index (χ1n) is 17.3. The first-order chi connectivity index (χ1) is 24.7. The van der Waals surface area contributed by atoms with Gasteiger partial charge in [-0.3, -0.25) is 9.59 Å². The van der Waals surface area contributed by atoms with Gasteiger partial charge in [0.05, 0.1) is 24.2 Å². The Hall–Kier alpha value is -4.86. The maximum Gasteiger partial charge on any atom is 0.305 e. The molecule has 2 heterocycles. The van der Waals surface area contributed by atoms with E-state index in [1.54, 1.807) is 18.4 Å². The van der Waals surface area contributed by atoms with Gasteiger partial charge in [-0.05, 0) is 72.1 Å². The molecule has 0 saturated heterocycles. The Kier molecular flexibility index (Phi) is 11.6. The number of carbonyl (C=O) groups is 2. The van der Waals surface area contributed by atoms with Crippen LogP contribution < -0.4 is 18.9 Å². The standard InChI is InChI=1S/C41H41ClN2O6S/c1-27-20-28(10-9-13-38-43(19-17-41(47)48)33-24-31(15-16-35(33)50-38)30-11-5-3-6-12-30)22-29(21-27)23-39-44(18-8-4-7-14-40(45)46)34-25-32(42)36(49-2)26-37(34)51-39/h3,5-6,9-13,15-16,22-27H,4,7-8,14,17-21H2,1-2H3,(H-,45,46,47,48)/p+1. The Balaban J connectivity index is 1.26. The summed E-state index contributed by atoms with van der Waals surface area (Å²) >= 11 is 8.25. The summed E-state index contributed by atoms with van der Waals surface area (Å²) in [5.41, 5.74) is 6.43. The number of carboxylic acid groups (broad SMARTS) is 2. The second-order valence-corrected chi connectivity index (χ2v) is 14.5. The summed E-state index contributed by atoms with van der Waals surface area (Å²) in [6, 6.07) is 20.1. The van der Waals surface area contributed by atoms with Crippen molar-refractivity contribution in [1.29, 1.82) is 0 Å². The van der Waals surface area contributed by atoms with Crippen LogP contribution >= 0.6 is 22.9 Å². The Labute approximate surface area is 307 Å². The third-order valence-electron chi connectivity index (χ3n) is 9.06. The molecule has 0 bridgehead atoms. The van der Waals surface area contributed by atoms with E-state index in [0.29, 0.717) is 41.3 Å². The molecule has 4 aromatic rings. The van der Waals surface area contributed by atoms with Gasteiger partial charge >= 0.3 is 11.9 Å². The van der Waals surface area contributed by atoms with Gasteiger partial charge in [-0.25, -0.2) is 0 Å². The van der Waals surface area contributed by atoms with Crippen molar-refractivity contribution in [3.05, 3.63) is 112 Å². The number of thiazole rings is 1. The highest BCUT2D eigenvalue weighted by atomic mass is 35.5. The summed E-state index contributed by atoms with van der Waals surface area (Å²) in [5.74, 6) is 0.750. The number of anilines is 1. The van der Waals surface area contributed by atoms with Gasteiger partial charge in [-0.15, -0.1) is 0 Å². The van der Waals surface area contributed by atoms with Gasteiger partial charge in [0.1, 0.15) is 10.4 Å². The van der Waals surface area contributed by atoms with Gasteiger partial charge in [0.25, 0.3) is 5.01 Å². The van der Waals surface area contributed by atoms with Crippen LogP contribution in [0, 0.1) is 5.92 Å². The molecule has 1 aliphatic heterocycles. The molecular formula is C41H42ClN2O6S+. The minimum atomic E-state index is -0.862. The van der Waals surface area contributed by atoms with E-state index < -0.39 is 11.9 Å². The Morgan fingerprint density at radius 3 is 2.59 bits per heavy atom. The fourth-order valence-corrected chi connectivity index (χ4v) is 8.07. The number of hydrogen-bond donors (Lipinski definition) is 2. The molecule has 51 heavy (non-hydrogen) atoms. The molecule has 8 nitrogen and oxygen atoms in total. The molecule has 2 N–H and O–H groups in total. The summed E-state index contributed by atoms with van der Waals surface area (Å²) in [6.07, 6.45) is 14.9. The van der Waals surface area contributed by atoms with E-state index >= 15 is 0 Å². The van der Waals surface area contributed by atoms with E-state index in [4.69, 9.17) is 26.2 Å². The van der Waals surface area contributed by atoms with E-state index in [2.05, 4.69) is 47.9 Å². The molecule has 0 saturated carbocycles. The highest BCUT2D eigenvalue weighted by Crippen LogP contribution is 2.42. The van der Waals surface area contributed by atoms with Crippen molar-refractivity contribution in [2.75, 3.05) is 18.6 Å². The van der Waals surface area contributed by atoms with Crippen LogP contribution in [-0.4, -0.2) is 35.8 Å². The molecule has 1 aliphatic carbocycles. The fourth-order valence-electron chi connectivity index (χ4n) is 6.66. The number of aliphatic carboxylic acids is 2. The first-order valence-corrected chi connectivity index (χ1v) is 18.5. The summed E-state index contributed by atoms with van der Waals surface area (Å²) < 4.78 is 15.1. The normalized spacial score (nSPS) is 17.3. The first kappa shape index (κ1) is 35.9. The number of allylic oxidation sites excluding steroid dienone is 6. The average molecular weight is 726 g/mol. The third kappa shape index (κ3) is 8.90. The van der Waals surface area contributed by atoms with Crippen molar-refractivity contribution in [3.8, 4) is 22.6 Å². The molecule has 6 rings (SSSR count). The van der Waals surface area contributed by atoms with Crippen LogP contribution in [-0.2, 0) is 16.1 Å². The molecular weight excluding hydrogens is 684 g/mol. The van der Waals surface area contributed by atoms with Crippen LogP contribution in [0.25, 0.3) is 27.4 Å². The van der Waals surface area contributed by atoms with Gasteiger partial charge in [0.15, 0.2) is 12.3 Å². The number of carboxylic acids is 2. The van der Waals surface area contributed by atoms with Crippen LogP contribution in [0.4, 0.5) is 5.69 Å². The average Bonchev–Trinajstić information content (AvgIpc) is 3.62. The minimum Gasteiger partial charge on any atom is -0.495 e. The molecule has 0 radical (unpaired) electrons. The van der Waals surface area contributed by atoms with Gasteiger partial charge in [0.2, 0.25) is 11.4 Å². The number of rotatable bonds is 14. The van der Waals surface area contributed by atoms with Crippen molar-refractivity contribution in [1.82, 2.24) is 0 Å². The maximum absolute atomic E-state index is 11.5. The number of methoxy groups -OCH3 is 1. The van der Waals surface area contributed by atoms with E-state index in [1.165, 1.54) is 11.1 Å². The zero-order chi connectivity index (χ0) is 35.9. The van der Waals surface area contributed by atoms with E-state index in [1.807, 2.05) is 59.5 Å². The van der Waals surface area contributed by atoms with Crippen LogP contribution in [0.15, 0.2) is 102 Å². The molecule has 2 aliphatic rings. The molecule has 10 heteroatoms. The molecule has 1 atom stereocenters. The summed E-state index contributed by atoms with van der Waals surface area (Å²) in [6.45, 7) is 3.31. The predicted octanol–water partition coefficient (Wildman–Crippen LogP) is 9.67. The Bertz CT molecular complexity index is 2050. The van der Waals surface area contributed by atoms with Gasteiger partial charge in [-0.2, -0.15) is 4.57 Å². The SMILES string of the molecule is COc1cc2sc(/C=C3C=C(/C=C/C=C4\Oc5ccc(-c6ccccc6)cc5N4CCC(=O)O)CC(C)C/3)[n+](CCCCCC(=O)O)c2cc1Cl. The smallest absolute Gasteiger partial charge is 0.305 e. The molecule has 0 fully saturated rings. The van der Waals surface area contributed by atoms with Crippen LogP contribution in [0.2, 0.25) is 5.02 Å². The topological polar surface area (TPSA) is 100 Å². The highest BCUT2D eigenvalue weighted by Gasteiger charge is 2.27. The summed E-state index contributed by atoms with van der Waals surface area (Å²) in [7, 11) is 1.62. The number of unbranched alkanes of at least 4 members (excludes halogenated alkanes) is 2. The number of ether oxygens (including phenoxy) is 2. The van der Waals surface area contributed by atoms with Crippen molar-refractivity contribution in [3.63, 3.8) is 0 Å². The molecule has 1 aromatic heterocycles. The number of fused-ring (bicyclic) bond motifs is 2. The van der Waals surface area contributed by atoms with E-state index in [0.717, 1.165) is 64.3 Å². The van der Waals surface area contributed by atoms with Crippen LogP contribution in [0.1, 0.15) is 56.9 Å². The lowest BCUT2D eigenvalue weighted by Gasteiger charge is -2.19. The second kappa shape index (κ2) is 16.4. The summed E-state index contributed by atoms with van der Waals surface area (Å²) in [4.78, 5) is 24.5. The van der Waals surface area contributed by atoms with Crippen LogP contribution in [0.3, 0.4) is 0 Å². The lowest BCUT2D eigenvalue weighted by atomic mass is 9.86. The highest BCUT2D eigenvalue weighted by molar-refractivity contribution is 7.18. The largest absolute Gasteiger partial charge is 0.495 e. The van der Waals surface area contributed by atoms with Crippen molar-refractivity contribution in [2.24, 2.45) is 5.92 Å². The monoisotopic (exact) mass is 725 g/mol. The summed E-state index contributed by atoms with van der Waals surface area (Å²) in [5, 5.41) is 20.2. The predicted molar refractivity (Wildman–Crippen MR) is 203 cm³/mol. The zero-order valence-electron chi connectivity index (χ0n) is 28.8. The molecule has 3 aromatic carbocycles. The number of aryl methyl sites for hydroxylation is 1. The fraction of sp³-hybridized carbons (Fsp3) is 0.293. The van der Waals surface area contributed by atoms with Crippen molar-refractivity contribution in [2.45, 2.75) is 58.4 Å². The van der Waals surface area contributed by atoms with Crippen LogP contribution in [0.5, 0.6) is 11.5 Å². The number of hydrogen-bond acceptors (Lipinski definition) is 6. The quantitative estimate of drug-likeness (QED) is 0.0986. The molecule has 0 amide bonds. The number of aromatic nitrogens is 1. The third-order valence-corrected chi connectivity index (χ3v) is 10.5. The van der Waals surface area contributed by atoms with Crippen molar-refractivity contribution >= 4 is 56.9 Å². The number of nitrogens with zero attached hydrogens (tertiary/aromatic N) is 2. The zero-order valence-corrected chi connectivity index (χ0v) is 30.4. The maximum atomic E-state index is 11.5. The lowest BCUT2D eigenvalue weighted by molar-refractivity contribution is -0.669. The second-order valence-electron chi connectivity index (χ2n) is 13.0. The van der Waals surface area contributed by atoms with E-state index in [9.17, 15) is 14.7 Å². The molecule has 1 unspecified atom stereocenters. The molecule has 0 spiro atoms. The van der Waals surface area contributed by atoms with Gasteiger partial charge < -0.3 is 24.6 Å².